The van der Waals surface area contributed by atoms with Gasteiger partial charge in [0.15, 0.2) is 11.5 Å². The van der Waals surface area contributed by atoms with Crippen LogP contribution in [0.2, 0.25) is 0 Å². The Morgan fingerprint density at radius 3 is 2.75 bits per heavy atom. The van der Waals surface area contributed by atoms with Crippen LogP contribution in [0, 0.1) is 16.1 Å². The van der Waals surface area contributed by atoms with E-state index in [4.69, 9.17) is 24.3 Å². The van der Waals surface area contributed by atoms with Crippen molar-refractivity contribution in [3.05, 3.63) is 77.5 Å². The molecule has 0 bridgehead atoms. The third-order valence-electron chi connectivity index (χ3n) is 5.47. The predicted octanol–water partition coefficient (Wildman–Crippen LogP) is 4.85. The lowest BCUT2D eigenvalue weighted by Crippen LogP contribution is -2.15. The maximum absolute atomic E-state index is 13.4. The standard InChI is InChI=1S/C26H24N4O5S/c1-33-24-12-17(15-27)6-7-23(24)35-26-22(13-19(16-29-26)18-8-10-34-11-9-18)25(31)30-20-4-3-5-21(14-20)36(2,28)32/h3-8,12-14,16,28H,9-11H2,1-2H3,(H,30,31). The van der Waals surface area contributed by atoms with E-state index < -0.39 is 15.6 Å². The molecule has 1 aromatic heterocycles. The summed E-state index contributed by atoms with van der Waals surface area (Å²) in [5, 5.41) is 12.0. The lowest BCUT2D eigenvalue weighted by Gasteiger charge is -2.17. The number of carbonyl (C=O) groups excluding carboxylic acids is 1. The molecule has 2 aromatic carbocycles. The van der Waals surface area contributed by atoms with E-state index in [1.165, 1.54) is 25.5 Å². The molecule has 1 aliphatic rings. The van der Waals surface area contributed by atoms with Gasteiger partial charge in [-0.25, -0.2) is 14.0 Å². The van der Waals surface area contributed by atoms with Crippen LogP contribution >= 0.6 is 0 Å². The third kappa shape index (κ3) is 5.71. The number of anilines is 1. The van der Waals surface area contributed by atoms with Crippen molar-refractivity contribution in [2.75, 3.05) is 31.9 Å². The van der Waals surface area contributed by atoms with Crippen molar-refractivity contribution < 1.29 is 23.2 Å². The molecule has 1 unspecified atom stereocenters. The van der Waals surface area contributed by atoms with Crippen molar-refractivity contribution in [2.45, 2.75) is 11.3 Å². The quantitative estimate of drug-likeness (QED) is 0.470. The summed E-state index contributed by atoms with van der Waals surface area (Å²) >= 11 is 0. The Labute approximate surface area is 209 Å². The van der Waals surface area contributed by atoms with Gasteiger partial charge in [-0.1, -0.05) is 12.1 Å². The lowest BCUT2D eigenvalue weighted by atomic mass is 10.0. The minimum absolute atomic E-state index is 0.0443. The lowest BCUT2D eigenvalue weighted by molar-refractivity contribution is 0.102. The molecule has 0 fully saturated rings. The van der Waals surface area contributed by atoms with Crippen LogP contribution in [-0.2, 0) is 14.5 Å². The number of pyridine rings is 1. The first-order valence-corrected chi connectivity index (χ1v) is 12.9. The van der Waals surface area contributed by atoms with Crippen LogP contribution in [0.4, 0.5) is 5.69 Å². The Hall–Kier alpha value is -4.20. The Bertz CT molecular complexity index is 1490. The number of benzene rings is 2. The second-order valence-corrected chi connectivity index (χ2v) is 10.2. The molecule has 10 heteroatoms. The van der Waals surface area contributed by atoms with Crippen LogP contribution in [0.3, 0.4) is 0 Å². The molecule has 1 atom stereocenters. The zero-order valence-corrected chi connectivity index (χ0v) is 20.6. The highest BCUT2D eigenvalue weighted by molar-refractivity contribution is 7.91. The molecular formula is C26H24N4O5S. The molecule has 0 aliphatic carbocycles. The number of nitrogens with one attached hydrogen (secondary N) is 2. The van der Waals surface area contributed by atoms with E-state index in [0.717, 1.165) is 11.1 Å². The van der Waals surface area contributed by atoms with Gasteiger partial charge in [-0.3, -0.25) is 4.79 Å². The van der Waals surface area contributed by atoms with Crippen molar-refractivity contribution in [2.24, 2.45) is 0 Å². The summed E-state index contributed by atoms with van der Waals surface area (Å²) in [4.78, 5) is 18.1. The van der Waals surface area contributed by atoms with Gasteiger partial charge >= 0.3 is 0 Å². The first-order valence-electron chi connectivity index (χ1n) is 11.0. The molecule has 0 saturated heterocycles. The number of nitriles is 1. The van der Waals surface area contributed by atoms with Crippen LogP contribution in [0.1, 0.15) is 27.9 Å². The summed E-state index contributed by atoms with van der Waals surface area (Å²) in [5.74, 6) is 0.157. The minimum Gasteiger partial charge on any atom is -0.493 e. The van der Waals surface area contributed by atoms with Crippen LogP contribution in [0.5, 0.6) is 17.4 Å². The van der Waals surface area contributed by atoms with Gasteiger partial charge < -0.3 is 19.5 Å². The Balaban J connectivity index is 1.73. The predicted molar refractivity (Wildman–Crippen MR) is 135 cm³/mol. The van der Waals surface area contributed by atoms with Crippen molar-refractivity contribution in [3.8, 4) is 23.4 Å². The second-order valence-electron chi connectivity index (χ2n) is 8.04. The van der Waals surface area contributed by atoms with Crippen molar-refractivity contribution in [1.29, 1.82) is 10.0 Å². The van der Waals surface area contributed by atoms with Crippen molar-refractivity contribution >= 4 is 26.9 Å². The van der Waals surface area contributed by atoms with Crippen LogP contribution in [0.15, 0.2) is 65.7 Å². The largest absolute Gasteiger partial charge is 0.493 e. The SMILES string of the molecule is COc1cc(C#N)ccc1Oc1ncc(C2=CCOCC2)cc1C(=O)Nc1cccc(S(C)(=N)=O)c1. The van der Waals surface area contributed by atoms with Crippen LogP contribution in [-0.4, -0.2) is 41.7 Å². The number of rotatable bonds is 7. The molecule has 1 aliphatic heterocycles. The maximum atomic E-state index is 13.4. The topological polar surface area (TPSA) is 134 Å². The normalized spacial score (nSPS) is 14.6. The highest BCUT2D eigenvalue weighted by Gasteiger charge is 2.20. The average Bonchev–Trinajstić information content (AvgIpc) is 2.89. The molecule has 0 spiro atoms. The first-order chi connectivity index (χ1) is 17.3. The van der Waals surface area contributed by atoms with E-state index in [9.17, 15) is 9.00 Å². The number of methoxy groups -OCH3 is 1. The van der Waals surface area contributed by atoms with E-state index in [-0.39, 0.29) is 17.2 Å². The number of hydrogen-bond donors (Lipinski definition) is 2. The van der Waals surface area contributed by atoms with Gasteiger partial charge in [-0.05, 0) is 54.0 Å². The van der Waals surface area contributed by atoms with E-state index in [1.54, 1.807) is 42.6 Å². The van der Waals surface area contributed by atoms with E-state index in [0.29, 0.717) is 41.5 Å². The summed E-state index contributed by atoms with van der Waals surface area (Å²) < 4.78 is 36.7. The Morgan fingerprint density at radius 2 is 2.06 bits per heavy atom. The fourth-order valence-corrected chi connectivity index (χ4v) is 4.29. The van der Waals surface area contributed by atoms with Crippen molar-refractivity contribution in [3.63, 3.8) is 0 Å². The zero-order chi connectivity index (χ0) is 25.7. The van der Waals surface area contributed by atoms with Gasteiger partial charge in [0.25, 0.3) is 5.91 Å². The molecule has 1 amide bonds. The summed E-state index contributed by atoms with van der Waals surface area (Å²) in [6.45, 7) is 1.05. The van der Waals surface area contributed by atoms with Gasteiger partial charge in [0.1, 0.15) is 5.56 Å². The number of amides is 1. The van der Waals surface area contributed by atoms with E-state index in [1.807, 2.05) is 12.1 Å². The molecule has 9 nitrogen and oxygen atoms in total. The number of nitrogens with zero attached hydrogens (tertiary/aromatic N) is 2. The molecular weight excluding hydrogens is 480 g/mol. The van der Waals surface area contributed by atoms with Crippen LogP contribution < -0.4 is 14.8 Å². The molecule has 184 valence electrons. The smallest absolute Gasteiger partial charge is 0.261 e. The number of hydrogen-bond acceptors (Lipinski definition) is 8. The van der Waals surface area contributed by atoms with Gasteiger partial charge in [0.05, 0.1) is 41.7 Å². The maximum Gasteiger partial charge on any atom is 0.261 e. The van der Waals surface area contributed by atoms with Gasteiger partial charge in [-0.15, -0.1) is 0 Å². The zero-order valence-electron chi connectivity index (χ0n) is 19.7. The fraction of sp³-hybridized carbons (Fsp3) is 0.192. The van der Waals surface area contributed by atoms with Gasteiger partial charge in [0.2, 0.25) is 5.88 Å². The highest BCUT2D eigenvalue weighted by Crippen LogP contribution is 2.34. The molecule has 36 heavy (non-hydrogen) atoms. The van der Waals surface area contributed by atoms with Gasteiger partial charge in [0, 0.05) is 29.1 Å². The second kappa shape index (κ2) is 10.6. The summed E-state index contributed by atoms with van der Waals surface area (Å²) in [7, 11) is -1.50. The molecule has 4 rings (SSSR count). The Kier molecular flexibility index (Phi) is 7.33. The summed E-state index contributed by atoms with van der Waals surface area (Å²) in [6, 6.07) is 14.8. The van der Waals surface area contributed by atoms with E-state index in [2.05, 4.69) is 10.3 Å². The monoisotopic (exact) mass is 504 g/mol. The minimum atomic E-state index is -2.95. The molecule has 2 heterocycles. The summed E-state index contributed by atoms with van der Waals surface area (Å²) in [5.41, 5.74) is 2.72. The number of carbonyl (C=O) groups is 1. The van der Waals surface area contributed by atoms with E-state index >= 15 is 0 Å². The highest BCUT2D eigenvalue weighted by atomic mass is 32.2. The molecule has 0 radical (unpaired) electrons. The fourth-order valence-electron chi connectivity index (χ4n) is 3.60. The average molecular weight is 505 g/mol. The third-order valence-corrected chi connectivity index (χ3v) is 6.62. The summed E-state index contributed by atoms with van der Waals surface area (Å²) in [6.07, 6.45) is 5.58. The Morgan fingerprint density at radius 1 is 1.22 bits per heavy atom. The number of aromatic nitrogens is 1. The van der Waals surface area contributed by atoms with Crippen molar-refractivity contribution in [1.82, 2.24) is 4.98 Å². The van der Waals surface area contributed by atoms with Gasteiger partial charge in [-0.2, -0.15) is 5.26 Å². The van der Waals surface area contributed by atoms with Crippen LogP contribution in [0.25, 0.3) is 5.57 Å². The molecule has 0 saturated carbocycles. The molecule has 2 N–H and O–H groups in total. The number of ether oxygens (including phenoxy) is 3. The first kappa shape index (κ1) is 24.9. The molecule has 3 aromatic rings.